The lowest BCUT2D eigenvalue weighted by atomic mass is 10.0. The van der Waals surface area contributed by atoms with Gasteiger partial charge in [0.15, 0.2) is 0 Å². The van der Waals surface area contributed by atoms with Gasteiger partial charge in [0.25, 0.3) is 0 Å². The third-order valence-electron chi connectivity index (χ3n) is 5.43. The highest BCUT2D eigenvalue weighted by Crippen LogP contribution is 2.24. The fourth-order valence-corrected chi connectivity index (χ4v) is 3.84. The number of benzene rings is 3. The lowest BCUT2D eigenvalue weighted by Gasteiger charge is -2.32. The quantitative estimate of drug-likeness (QED) is 0.484. The molecule has 0 aliphatic rings. The molecule has 3 aromatic carbocycles. The normalized spacial score (nSPS) is 12.2. The van der Waals surface area contributed by atoms with Crippen LogP contribution in [-0.2, 0) is 32.7 Å². The van der Waals surface area contributed by atoms with E-state index in [1.54, 1.807) is 24.3 Å². The largest absolute Gasteiger partial charge is 0.350 e. The Kier molecular flexibility index (Phi) is 8.56. The minimum atomic E-state index is -3.58. The van der Waals surface area contributed by atoms with E-state index in [1.165, 1.54) is 11.9 Å². The van der Waals surface area contributed by atoms with Crippen molar-refractivity contribution in [3.05, 3.63) is 108 Å². The van der Waals surface area contributed by atoms with Crippen LogP contribution in [0.3, 0.4) is 0 Å². The molecule has 3 aromatic rings. The number of carbonyl (C=O) groups excluding carboxylic acids is 2. The third kappa shape index (κ3) is 7.00. The van der Waals surface area contributed by atoms with E-state index in [-0.39, 0.29) is 19.0 Å². The van der Waals surface area contributed by atoms with Crippen LogP contribution in [0.25, 0.3) is 0 Å². The highest BCUT2D eigenvalue weighted by molar-refractivity contribution is 7.88. The fourth-order valence-electron chi connectivity index (χ4n) is 3.49. The number of sulfonamides is 1. The maximum Gasteiger partial charge on any atom is 0.247 e. The summed E-state index contributed by atoms with van der Waals surface area (Å²) in [5, 5.41) is 2.94. The number of likely N-dealkylation sites (N-methyl/N-ethyl adjacent to an activating group) is 1. The van der Waals surface area contributed by atoms with E-state index in [0.29, 0.717) is 12.1 Å². The lowest BCUT2D eigenvalue weighted by Crippen LogP contribution is -2.47. The van der Waals surface area contributed by atoms with Crippen molar-refractivity contribution in [1.82, 2.24) is 14.5 Å². The van der Waals surface area contributed by atoms with Crippen LogP contribution >= 0.6 is 0 Å². The molecule has 0 saturated heterocycles. The Morgan fingerprint density at radius 1 is 0.824 bits per heavy atom. The second kappa shape index (κ2) is 11.6. The minimum absolute atomic E-state index is 0.148. The van der Waals surface area contributed by atoms with Crippen molar-refractivity contribution < 1.29 is 18.0 Å². The van der Waals surface area contributed by atoms with Gasteiger partial charge in [-0.1, -0.05) is 91.0 Å². The van der Waals surface area contributed by atoms with Crippen molar-refractivity contribution in [2.45, 2.75) is 19.1 Å². The number of hydrogen-bond acceptors (Lipinski definition) is 4. The van der Waals surface area contributed by atoms with E-state index in [9.17, 15) is 18.0 Å². The molecule has 1 atom stereocenters. The predicted octanol–water partition coefficient (Wildman–Crippen LogP) is 2.96. The predicted molar refractivity (Wildman–Crippen MR) is 132 cm³/mol. The van der Waals surface area contributed by atoms with Crippen LogP contribution in [0.15, 0.2) is 91.0 Å². The van der Waals surface area contributed by atoms with Gasteiger partial charge in [-0.15, -0.1) is 0 Å². The van der Waals surface area contributed by atoms with Gasteiger partial charge in [-0.3, -0.25) is 9.59 Å². The molecule has 7 nitrogen and oxygen atoms in total. The summed E-state index contributed by atoms with van der Waals surface area (Å²) in [7, 11) is -2.23. The summed E-state index contributed by atoms with van der Waals surface area (Å²) in [5.74, 6) is -0.818. The summed E-state index contributed by atoms with van der Waals surface area (Å²) in [5.41, 5.74) is 2.40. The molecule has 1 N–H and O–H groups in total. The zero-order chi connectivity index (χ0) is 24.6. The van der Waals surface area contributed by atoms with Gasteiger partial charge in [-0.25, -0.2) is 8.42 Å². The molecule has 8 heteroatoms. The standard InChI is InChI=1S/C26H29N3O4S/c1-28(34(2,32)33)20-24(30)29(19-22-14-8-4-9-15-22)25(23-16-10-5-11-17-23)26(31)27-18-21-12-6-3-7-13-21/h3-17,25H,18-20H2,1-2H3,(H,27,31)/t25-/m0/s1. The molecule has 0 aromatic heterocycles. The van der Waals surface area contributed by atoms with E-state index in [0.717, 1.165) is 21.7 Å². The molecule has 0 bridgehead atoms. The summed E-state index contributed by atoms with van der Waals surface area (Å²) in [6.07, 6.45) is 1.04. The first-order valence-corrected chi connectivity index (χ1v) is 12.7. The molecule has 34 heavy (non-hydrogen) atoms. The molecule has 0 heterocycles. The molecule has 178 valence electrons. The Hall–Kier alpha value is -3.49. The van der Waals surface area contributed by atoms with Crippen molar-refractivity contribution >= 4 is 21.8 Å². The minimum Gasteiger partial charge on any atom is -0.350 e. The Morgan fingerprint density at radius 3 is 1.85 bits per heavy atom. The average molecular weight is 480 g/mol. The van der Waals surface area contributed by atoms with Gasteiger partial charge in [0.2, 0.25) is 21.8 Å². The molecule has 0 saturated carbocycles. The van der Waals surface area contributed by atoms with E-state index >= 15 is 0 Å². The first kappa shape index (κ1) is 25.1. The number of nitrogens with one attached hydrogen (secondary N) is 1. The van der Waals surface area contributed by atoms with Crippen LogP contribution in [0.2, 0.25) is 0 Å². The fraction of sp³-hybridized carbons (Fsp3) is 0.231. The molecular weight excluding hydrogens is 450 g/mol. The monoisotopic (exact) mass is 479 g/mol. The maximum atomic E-state index is 13.5. The second-order valence-electron chi connectivity index (χ2n) is 8.04. The van der Waals surface area contributed by atoms with Crippen molar-refractivity contribution in [3.63, 3.8) is 0 Å². The molecule has 3 rings (SSSR count). The molecule has 0 unspecified atom stereocenters. The topological polar surface area (TPSA) is 86.8 Å². The maximum absolute atomic E-state index is 13.5. The van der Waals surface area contributed by atoms with E-state index in [1.807, 2.05) is 66.7 Å². The Labute approximate surface area is 201 Å². The number of nitrogens with zero attached hydrogens (tertiary/aromatic N) is 2. The van der Waals surface area contributed by atoms with Gasteiger partial charge in [0, 0.05) is 20.1 Å². The Balaban J connectivity index is 1.96. The average Bonchev–Trinajstić information content (AvgIpc) is 2.83. The van der Waals surface area contributed by atoms with Gasteiger partial charge in [-0.2, -0.15) is 4.31 Å². The van der Waals surface area contributed by atoms with Crippen molar-refractivity contribution in [1.29, 1.82) is 0 Å². The summed E-state index contributed by atoms with van der Waals surface area (Å²) in [6.45, 7) is 0.0795. The molecule has 0 aliphatic heterocycles. The highest BCUT2D eigenvalue weighted by atomic mass is 32.2. The van der Waals surface area contributed by atoms with Crippen LogP contribution in [0.4, 0.5) is 0 Å². The molecule has 0 aliphatic carbocycles. The lowest BCUT2D eigenvalue weighted by molar-refractivity contribution is -0.141. The van der Waals surface area contributed by atoms with E-state index in [2.05, 4.69) is 5.32 Å². The summed E-state index contributed by atoms with van der Waals surface area (Å²) in [6, 6.07) is 26.9. The first-order valence-electron chi connectivity index (χ1n) is 10.9. The van der Waals surface area contributed by atoms with Gasteiger partial charge >= 0.3 is 0 Å². The molecule has 0 fully saturated rings. The van der Waals surface area contributed by atoms with Crippen LogP contribution in [0.1, 0.15) is 22.7 Å². The number of carbonyl (C=O) groups is 2. The second-order valence-corrected chi connectivity index (χ2v) is 10.1. The SMILES string of the molecule is CN(CC(=O)N(Cc1ccccc1)[C@H](C(=O)NCc1ccccc1)c1ccccc1)S(C)(=O)=O. The molecule has 0 spiro atoms. The first-order chi connectivity index (χ1) is 16.3. The zero-order valence-corrected chi connectivity index (χ0v) is 20.1. The third-order valence-corrected chi connectivity index (χ3v) is 6.69. The van der Waals surface area contributed by atoms with Gasteiger partial charge in [0.05, 0.1) is 12.8 Å². The Bertz CT molecular complexity index is 1190. The summed E-state index contributed by atoms with van der Waals surface area (Å²) in [4.78, 5) is 28.4. The summed E-state index contributed by atoms with van der Waals surface area (Å²) >= 11 is 0. The number of hydrogen-bond donors (Lipinski definition) is 1. The van der Waals surface area contributed by atoms with Crippen molar-refractivity contribution in [3.8, 4) is 0 Å². The van der Waals surface area contributed by atoms with Crippen molar-refractivity contribution in [2.24, 2.45) is 0 Å². The van der Waals surface area contributed by atoms with Crippen molar-refractivity contribution in [2.75, 3.05) is 19.8 Å². The van der Waals surface area contributed by atoms with Gasteiger partial charge in [-0.05, 0) is 16.7 Å². The van der Waals surface area contributed by atoms with Gasteiger partial charge < -0.3 is 10.2 Å². The molecule has 0 radical (unpaired) electrons. The van der Waals surface area contributed by atoms with Crippen LogP contribution in [-0.4, -0.2) is 49.3 Å². The van der Waals surface area contributed by atoms with Crippen LogP contribution < -0.4 is 5.32 Å². The highest BCUT2D eigenvalue weighted by Gasteiger charge is 2.32. The smallest absolute Gasteiger partial charge is 0.247 e. The summed E-state index contributed by atoms with van der Waals surface area (Å²) < 4.78 is 24.9. The Morgan fingerprint density at radius 2 is 1.32 bits per heavy atom. The zero-order valence-electron chi connectivity index (χ0n) is 19.3. The van der Waals surface area contributed by atoms with Crippen LogP contribution in [0.5, 0.6) is 0 Å². The number of rotatable bonds is 10. The molecular formula is C26H29N3O4S. The van der Waals surface area contributed by atoms with Gasteiger partial charge in [0.1, 0.15) is 6.04 Å². The van der Waals surface area contributed by atoms with E-state index in [4.69, 9.17) is 0 Å². The molecule has 2 amide bonds. The number of amides is 2. The van der Waals surface area contributed by atoms with Crippen LogP contribution in [0, 0.1) is 0 Å². The van der Waals surface area contributed by atoms with E-state index < -0.39 is 22.0 Å².